The van der Waals surface area contributed by atoms with E-state index in [1.807, 2.05) is 20.8 Å². The van der Waals surface area contributed by atoms with E-state index in [2.05, 4.69) is 10.4 Å². The molecule has 1 atom stereocenters. The molecule has 0 radical (unpaired) electrons. The maximum Gasteiger partial charge on any atom is 0.350 e. The number of hydrogen-bond donors (Lipinski definition) is 2. The molecule has 0 spiro atoms. The highest BCUT2D eigenvalue weighted by molar-refractivity contribution is 6.06. The number of anilines is 2. The van der Waals surface area contributed by atoms with Crippen LogP contribution in [0.5, 0.6) is 5.75 Å². The summed E-state index contributed by atoms with van der Waals surface area (Å²) in [4.78, 5) is 26.1. The predicted molar refractivity (Wildman–Crippen MR) is 138 cm³/mol. The van der Waals surface area contributed by atoms with Gasteiger partial charge in [-0.1, -0.05) is 26.2 Å². The van der Waals surface area contributed by atoms with Crippen LogP contribution in [0.15, 0.2) is 35.1 Å². The number of amides is 1. The average Bonchev–Trinajstić information content (AvgIpc) is 3.15. The van der Waals surface area contributed by atoms with Crippen molar-refractivity contribution in [2.45, 2.75) is 65.4 Å². The first kappa shape index (κ1) is 25.5. The first-order valence-electron chi connectivity index (χ1n) is 12.5. The van der Waals surface area contributed by atoms with E-state index in [-0.39, 0.29) is 23.1 Å². The number of aromatic nitrogens is 3. The summed E-state index contributed by atoms with van der Waals surface area (Å²) in [5.74, 6) is -0.174. The molecule has 8 nitrogen and oxygen atoms in total. The smallest absolute Gasteiger partial charge is 0.350 e. The summed E-state index contributed by atoms with van der Waals surface area (Å²) in [6.07, 6.45) is 5.91. The van der Waals surface area contributed by atoms with Crippen LogP contribution in [0, 0.1) is 18.7 Å². The Balaban J connectivity index is 1.75. The molecule has 1 aliphatic rings. The molecule has 9 heteroatoms. The summed E-state index contributed by atoms with van der Waals surface area (Å²) >= 11 is 0. The average molecular weight is 496 g/mol. The predicted octanol–water partition coefficient (Wildman–Crippen LogP) is 4.76. The number of ether oxygens (including phenoxy) is 1. The summed E-state index contributed by atoms with van der Waals surface area (Å²) in [5, 5.41) is 7.13. The SMILES string of the molecule is CCc1nn(-c2cc(OC(C)C3CCCCC3)c(C(=O)Nc3ccc(N)cc3C)cc2F)c(=O)n1C. The minimum atomic E-state index is -0.741. The number of hydrogen-bond acceptors (Lipinski definition) is 5. The lowest BCUT2D eigenvalue weighted by Gasteiger charge is -2.29. The third kappa shape index (κ3) is 5.15. The fourth-order valence-corrected chi connectivity index (χ4v) is 4.84. The molecular formula is C27H34FN5O3. The lowest BCUT2D eigenvalue weighted by atomic mass is 9.86. The van der Waals surface area contributed by atoms with Gasteiger partial charge >= 0.3 is 5.69 Å². The van der Waals surface area contributed by atoms with Crippen molar-refractivity contribution in [3.05, 3.63) is 63.6 Å². The van der Waals surface area contributed by atoms with Crippen LogP contribution in [-0.2, 0) is 13.5 Å². The number of nitrogens with one attached hydrogen (secondary N) is 1. The molecule has 0 aliphatic heterocycles. The number of aryl methyl sites for hydroxylation is 2. The molecule has 0 saturated heterocycles. The van der Waals surface area contributed by atoms with Gasteiger partial charge in [-0.25, -0.2) is 9.18 Å². The molecule has 2 aromatic carbocycles. The number of nitrogens with zero attached hydrogens (tertiary/aromatic N) is 3. The van der Waals surface area contributed by atoms with Gasteiger partial charge < -0.3 is 15.8 Å². The molecule has 1 aliphatic carbocycles. The number of rotatable bonds is 7. The summed E-state index contributed by atoms with van der Waals surface area (Å²) in [6.45, 7) is 5.68. The maximum atomic E-state index is 15.4. The summed E-state index contributed by atoms with van der Waals surface area (Å²) in [6, 6.07) is 7.67. The quantitative estimate of drug-likeness (QED) is 0.460. The molecule has 192 valence electrons. The molecule has 1 aromatic heterocycles. The molecule has 1 unspecified atom stereocenters. The van der Waals surface area contributed by atoms with E-state index in [0.29, 0.717) is 29.5 Å². The van der Waals surface area contributed by atoms with Gasteiger partial charge in [-0.05, 0) is 62.4 Å². The molecule has 3 N–H and O–H groups in total. The van der Waals surface area contributed by atoms with Crippen LogP contribution < -0.4 is 21.5 Å². The van der Waals surface area contributed by atoms with Gasteiger partial charge in [0.05, 0.1) is 11.7 Å². The zero-order valence-electron chi connectivity index (χ0n) is 21.3. The molecular weight excluding hydrogens is 461 g/mol. The fraction of sp³-hybridized carbons (Fsp3) is 0.444. The maximum absolute atomic E-state index is 15.4. The van der Waals surface area contributed by atoms with Crippen LogP contribution in [0.1, 0.15) is 67.7 Å². The van der Waals surface area contributed by atoms with Gasteiger partial charge in [0.2, 0.25) is 0 Å². The van der Waals surface area contributed by atoms with Crippen LogP contribution in [0.3, 0.4) is 0 Å². The molecule has 36 heavy (non-hydrogen) atoms. The van der Waals surface area contributed by atoms with Crippen LogP contribution in [-0.4, -0.2) is 26.4 Å². The Hall–Kier alpha value is -3.62. The first-order valence-corrected chi connectivity index (χ1v) is 12.5. The zero-order valence-corrected chi connectivity index (χ0v) is 21.3. The van der Waals surface area contributed by atoms with Crippen LogP contribution in [0.2, 0.25) is 0 Å². The van der Waals surface area contributed by atoms with E-state index >= 15 is 4.39 Å². The minimum absolute atomic E-state index is 0.0508. The van der Waals surface area contributed by atoms with Crippen molar-refractivity contribution in [2.24, 2.45) is 13.0 Å². The van der Waals surface area contributed by atoms with E-state index in [1.54, 1.807) is 25.2 Å². The Morgan fingerprint density at radius 3 is 2.61 bits per heavy atom. The van der Waals surface area contributed by atoms with Gasteiger partial charge in [0.15, 0.2) is 0 Å². The summed E-state index contributed by atoms with van der Waals surface area (Å²) in [7, 11) is 1.60. The Kier molecular flexibility index (Phi) is 7.47. The Morgan fingerprint density at radius 2 is 1.97 bits per heavy atom. The fourth-order valence-electron chi connectivity index (χ4n) is 4.84. The number of carbonyl (C=O) groups is 1. The second-order valence-electron chi connectivity index (χ2n) is 9.57. The van der Waals surface area contributed by atoms with Gasteiger partial charge in [0, 0.05) is 30.9 Å². The Bertz CT molecular complexity index is 1320. The molecule has 1 saturated carbocycles. The van der Waals surface area contributed by atoms with Crippen LogP contribution in [0.25, 0.3) is 5.69 Å². The van der Waals surface area contributed by atoms with Crippen molar-refractivity contribution >= 4 is 17.3 Å². The second-order valence-corrected chi connectivity index (χ2v) is 9.57. The monoisotopic (exact) mass is 495 g/mol. The highest BCUT2D eigenvalue weighted by Crippen LogP contribution is 2.32. The van der Waals surface area contributed by atoms with Crippen LogP contribution in [0.4, 0.5) is 15.8 Å². The van der Waals surface area contributed by atoms with E-state index in [0.717, 1.165) is 42.0 Å². The van der Waals surface area contributed by atoms with E-state index in [1.165, 1.54) is 17.1 Å². The molecule has 1 amide bonds. The first-order chi connectivity index (χ1) is 17.2. The third-order valence-electron chi connectivity index (χ3n) is 7.03. The zero-order chi connectivity index (χ0) is 26.0. The van der Waals surface area contributed by atoms with Crippen molar-refractivity contribution in [1.82, 2.24) is 14.3 Å². The van der Waals surface area contributed by atoms with Gasteiger partial charge in [0.25, 0.3) is 5.91 Å². The van der Waals surface area contributed by atoms with E-state index in [9.17, 15) is 9.59 Å². The molecule has 0 bridgehead atoms. The summed E-state index contributed by atoms with van der Waals surface area (Å²) < 4.78 is 24.1. The number of nitrogens with two attached hydrogens (primary N) is 1. The number of carbonyl (C=O) groups excluding carboxylic acids is 1. The van der Waals surface area contributed by atoms with E-state index < -0.39 is 17.4 Å². The highest BCUT2D eigenvalue weighted by Gasteiger charge is 2.26. The number of halogens is 1. The van der Waals surface area contributed by atoms with Crippen molar-refractivity contribution in [3.63, 3.8) is 0 Å². The van der Waals surface area contributed by atoms with Gasteiger partial charge in [-0.15, -0.1) is 5.10 Å². The van der Waals surface area contributed by atoms with Crippen molar-refractivity contribution in [3.8, 4) is 11.4 Å². The highest BCUT2D eigenvalue weighted by atomic mass is 19.1. The van der Waals surface area contributed by atoms with Gasteiger partial charge in [-0.3, -0.25) is 9.36 Å². The largest absolute Gasteiger partial charge is 0.490 e. The van der Waals surface area contributed by atoms with Crippen molar-refractivity contribution in [1.29, 1.82) is 0 Å². The molecule has 1 fully saturated rings. The lowest BCUT2D eigenvalue weighted by molar-refractivity contribution is 0.0997. The molecule has 4 rings (SSSR count). The standard InChI is InChI=1S/C27H34FN5O3/c1-5-25-31-33(27(35)32(25)4)23-15-24(36-17(3)18-9-7-6-8-10-18)20(14-21(23)28)26(34)30-22-12-11-19(29)13-16(22)2/h11-15,17-18H,5-10,29H2,1-4H3,(H,30,34). The molecule has 3 aromatic rings. The summed E-state index contributed by atoms with van der Waals surface area (Å²) in [5.41, 5.74) is 7.29. The van der Waals surface area contributed by atoms with Crippen molar-refractivity contribution < 1.29 is 13.9 Å². The van der Waals surface area contributed by atoms with E-state index in [4.69, 9.17) is 10.5 Å². The van der Waals surface area contributed by atoms with Crippen molar-refractivity contribution in [2.75, 3.05) is 11.1 Å². The lowest BCUT2D eigenvalue weighted by Crippen LogP contribution is -2.27. The topological polar surface area (TPSA) is 104 Å². The Morgan fingerprint density at radius 1 is 1.25 bits per heavy atom. The third-order valence-corrected chi connectivity index (χ3v) is 7.03. The number of nitrogen functional groups attached to an aromatic ring is 1. The minimum Gasteiger partial charge on any atom is -0.490 e. The normalized spacial score (nSPS) is 15.0. The number of benzene rings is 2. The van der Waals surface area contributed by atoms with Gasteiger partial charge in [-0.2, -0.15) is 4.68 Å². The molecule has 1 heterocycles. The van der Waals surface area contributed by atoms with Crippen LogP contribution >= 0.6 is 0 Å². The van der Waals surface area contributed by atoms with Gasteiger partial charge in [0.1, 0.15) is 23.1 Å². The second kappa shape index (κ2) is 10.6. The Labute approximate surface area is 210 Å².